The molecule has 2 aromatic heterocycles. The van der Waals surface area contributed by atoms with E-state index in [1.807, 2.05) is 12.1 Å². The van der Waals surface area contributed by atoms with Crippen molar-refractivity contribution in [3.63, 3.8) is 0 Å². The molecule has 0 amide bonds. The van der Waals surface area contributed by atoms with Gasteiger partial charge in [-0.25, -0.2) is 0 Å². The molecule has 100 valence electrons. The van der Waals surface area contributed by atoms with Gasteiger partial charge in [-0.3, -0.25) is 4.98 Å². The second kappa shape index (κ2) is 5.15. The van der Waals surface area contributed by atoms with Crippen molar-refractivity contribution in [2.45, 2.75) is 0 Å². The normalized spacial score (nSPS) is 10.7. The van der Waals surface area contributed by atoms with Gasteiger partial charge in [0.15, 0.2) is 0 Å². The van der Waals surface area contributed by atoms with E-state index in [4.69, 9.17) is 33.5 Å². The molecule has 3 aromatic rings. The van der Waals surface area contributed by atoms with Gasteiger partial charge in [0.2, 0.25) is 5.88 Å². The van der Waals surface area contributed by atoms with Crippen molar-refractivity contribution < 1.29 is 4.52 Å². The fraction of sp³-hybridized carbons (Fsp3) is 0. The smallest absolute Gasteiger partial charge is 0.230 e. The predicted molar refractivity (Wildman–Crippen MR) is 79.6 cm³/mol. The fourth-order valence-electron chi connectivity index (χ4n) is 1.96. The Bertz CT molecular complexity index is 756. The summed E-state index contributed by atoms with van der Waals surface area (Å²) < 4.78 is 5.10. The zero-order valence-electron chi connectivity index (χ0n) is 10.2. The largest absolute Gasteiger partial charge is 0.367 e. The van der Waals surface area contributed by atoms with Gasteiger partial charge in [0, 0.05) is 28.5 Å². The van der Waals surface area contributed by atoms with Crippen LogP contribution in [0.15, 0.2) is 47.2 Å². The number of hydrogen-bond acceptors (Lipinski definition) is 4. The van der Waals surface area contributed by atoms with Crippen LogP contribution in [0.4, 0.5) is 5.88 Å². The van der Waals surface area contributed by atoms with Crippen molar-refractivity contribution in [2.24, 2.45) is 0 Å². The Morgan fingerprint density at radius 3 is 2.75 bits per heavy atom. The average molecular weight is 306 g/mol. The first-order valence-electron chi connectivity index (χ1n) is 5.78. The summed E-state index contributed by atoms with van der Waals surface area (Å²) in [5.41, 5.74) is 8.53. The predicted octanol–water partition coefficient (Wildman–Crippen LogP) is 4.29. The number of pyridine rings is 1. The quantitative estimate of drug-likeness (QED) is 0.767. The highest BCUT2D eigenvalue weighted by Crippen LogP contribution is 2.39. The van der Waals surface area contributed by atoms with Gasteiger partial charge in [-0.1, -0.05) is 34.4 Å². The molecule has 3 rings (SSSR count). The SMILES string of the molecule is Nc1onc(-c2cc(Cl)ccc2Cl)c1-c1cccnc1. The third kappa shape index (κ3) is 2.24. The molecule has 1 aromatic carbocycles. The van der Waals surface area contributed by atoms with E-state index in [-0.39, 0.29) is 5.88 Å². The lowest BCUT2D eigenvalue weighted by Gasteiger charge is -2.04. The highest BCUT2D eigenvalue weighted by atomic mass is 35.5. The Morgan fingerprint density at radius 2 is 2.00 bits per heavy atom. The van der Waals surface area contributed by atoms with Gasteiger partial charge in [-0.2, -0.15) is 0 Å². The number of nitrogens with zero attached hydrogens (tertiary/aromatic N) is 2. The fourth-order valence-corrected chi connectivity index (χ4v) is 2.33. The molecule has 0 aliphatic carbocycles. The molecule has 0 fully saturated rings. The molecule has 4 nitrogen and oxygen atoms in total. The van der Waals surface area contributed by atoms with Gasteiger partial charge in [-0.15, -0.1) is 0 Å². The van der Waals surface area contributed by atoms with Crippen LogP contribution in [0, 0.1) is 0 Å². The molecule has 0 aliphatic heterocycles. The zero-order chi connectivity index (χ0) is 14.1. The summed E-state index contributed by atoms with van der Waals surface area (Å²) in [4.78, 5) is 4.07. The minimum absolute atomic E-state index is 0.212. The van der Waals surface area contributed by atoms with Crippen molar-refractivity contribution in [2.75, 3.05) is 5.73 Å². The second-order valence-corrected chi connectivity index (χ2v) is 4.98. The Morgan fingerprint density at radius 1 is 1.15 bits per heavy atom. The first-order chi connectivity index (χ1) is 9.66. The molecule has 2 heterocycles. The molecule has 0 aliphatic rings. The van der Waals surface area contributed by atoms with E-state index in [1.54, 1.807) is 30.6 Å². The van der Waals surface area contributed by atoms with E-state index in [0.29, 0.717) is 26.9 Å². The first-order valence-corrected chi connectivity index (χ1v) is 6.53. The number of nitrogens with two attached hydrogens (primary N) is 1. The van der Waals surface area contributed by atoms with Crippen molar-refractivity contribution in [1.82, 2.24) is 10.1 Å². The summed E-state index contributed by atoms with van der Waals surface area (Å²) in [6, 6.07) is 8.82. The molecule has 2 N–H and O–H groups in total. The summed E-state index contributed by atoms with van der Waals surface area (Å²) in [5, 5.41) is 5.07. The third-order valence-corrected chi connectivity index (χ3v) is 3.42. The molecular formula is C14H9Cl2N3O. The second-order valence-electron chi connectivity index (χ2n) is 4.14. The van der Waals surface area contributed by atoms with Gasteiger partial charge in [0.05, 0.1) is 10.6 Å². The lowest BCUT2D eigenvalue weighted by atomic mass is 10.0. The lowest BCUT2D eigenvalue weighted by Crippen LogP contribution is -1.89. The molecule has 0 saturated carbocycles. The summed E-state index contributed by atoms with van der Waals surface area (Å²) in [7, 11) is 0. The highest BCUT2D eigenvalue weighted by molar-refractivity contribution is 6.35. The van der Waals surface area contributed by atoms with Crippen LogP contribution in [0.2, 0.25) is 10.0 Å². The number of rotatable bonds is 2. The van der Waals surface area contributed by atoms with Crippen LogP contribution >= 0.6 is 23.2 Å². The summed E-state index contributed by atoms with van der Waals surface area (Å²) in [6.07, 6.45) is 3.37. The molecule has 0 radical (unpaired) electrons. The van der Waals surface area contributed by atoms with Crippen LogP contribution in [0.25, 0.3) is 22.4 Å². The number of halogens is 2. The summed E-state index contributed by atoms with van der Waals surface area (Å²) >= 11 is 12.2. The van der Waals surface area contributed by atoms with E-state index in [9.17, 15) is 0 Å². The zero-order valence-corrected chi connectivity index (χ0v) is 11.7. The Labute approximate surface area is 125 Å². The Hall–Kier alpha value is -2.04. The summed E-state index contributed by atoms with van der Waals surface area (Å²) in [6.45, 7) is 0. The van der Waals surface area contributed by atoms with E-state index >= 15 is 0 Å². The minimum atomic E-state index is 0.212. The van der Waals surface area contributed by atoms with Crippen LogP contribution in [-0.4, -0.2) is 10.1 Å². The van der Waals surface area contributed by atoms with Gasteiger partial charge in [-0.05, 0) is 24.3 Å². The molecule has 0 bridgehead atoms. The number of nitrogen functional groups attached to an aromatic ring is 1. The van der Waals surface area contributed by atoms with Gasteiger partial charge < -0.3 is 10.3 Å². The standard InChI is InChI=1S/C14H9Cl2N3O/c15-9-3-4-11(16)10(6-9)13-12(14(17)20-19-13)8-2-1-5-18-7-8/h1-7H,17H2. The lowest BCUT2D eigenvalue weighted by molar-refractivity contribution is 0.439. The van der Waals surface area contributed by atoms with Gasteiger partial charge in [0.1, 0.15) is 5.69 Å². The molecule has 0 atom stereocenters. The number of benzene rings is 1. The first kappa shape index (κ1) is 13.0. The maximum atomic E-state index is 6.20. The van der Waals surface area contributed by atoms with Crippen molar-refractivity contribution in [1.29, 1.82) is 0 Å². The monoisotopic (exact) mass is 305 g/mol. The van der Waals surface area contributed by atoms with Crippen LogP contribution in [0.1, 0.15) is 0 Å². The Kier molecular flexibility index (Phi) is 3.34. The van der Waals surface area contributed by atoms with Gasteiger partial charge >= 0.3 is 0 Å². The number of anilines is 1. The molecule has 6 heteroatoms. The third-order valence-electron chi connectivity index (χ3n) is 2.85. The molecular weight excluding hydrogens is 297 g/mol. The van der Waals surface area contributed by atoms with Crippen LogP contribution < -0.4 is 5.73 Å². The van der Waals surface area contributed by atoms with Crippen molar-refractivity contribution in [3.8, 4) is 22.4 Å². The molecule has 0 spiro atoms. The van der Waals surface area contributed by atoms with Crippen LogP contribution in [0.3, 0.4) is 0 Å². The van der Waals surface area contributed by atoms with E-state index in [0.717, 1.165) is 5.56 Å². The van der Waals surface area contributed by atoms with E-state index in [1.165, 1.54) is 0 Å². The molecule has 20 heavy (non-hydrogen) atoms. The van der Waals surface area contributed by atoms with Gasteiger partial charge in [0.25, 0.3) is 0 Å². The van der Waals surface area contributed by atoms with Crippen LogP contribution in [0.5, 0.6) is 0 Å². The topological polar surface area (TPSA) is 64.9 Å². The minimum Gasteiger partial charge on any atom is -0.367 e. The van der Waals surface area contributed by atoms with E-state index in [2.05, 4.69) is 10.1 Å². The average Bonchev–Trinajstić information content (AvgIpc) is 2.84. The highest BCUT2D eigenvalue weighted by Gasteiger charge is 2.19. The van der Waals surface area contributed by atoms with Crippen molar-refractivity contribution in [3.05, 3.63) is 52.8 Å². The van der Waals surface area contributed by atoms with Crippen LogP contribution in [-0.2, 0) is 0 Å². The summed E-state index contributed by atoms with van der Waals surface area (Å²) in [5.74, 6) is 0.212. The number of aromatic nitrogens is 2. The molecule has 0 unspecified atom stereocenters. The maximum absolute atomic E-state index is 6.20. The maximum Gasteiger partial charge on any atom is 0.230 e. The number of hydrogen-bond donors (Lipinski definition) is 1. The Balaban J connectivity index is 2.24. The molecule has 0 saturated heterocycles. The van der Waals surface area contributed by atoms with Crippen molar-refractivity contribution >= 4 is 29.1 Å². The van der Waals surface area contributed by atoms with E-state index < -0.39 is 0 Å².